The second-order valence-electron chi connectivity index (χ2n) is 3.24. The van der Waals surface area contributed by atoms with Crippen LogP contribution >= 0.6 is 0 Å². The van der Waals surface area contributed by atoms with E-state index < -0.39 is 5.97 Å². The molecule has 1 unspecified atom stereocenters. The number of rotatable bonds is 5. The van der Waals surface area contributed by atoms with Crippen molar-refractivity contribution in [3.8, 4) is 5.75 Å². The van der Waals surface area contributed by atoms with Crippen LogP contribution in [0.4, 0.5) is 0 Å². The lowest BCUT2D eigenvalue weighted by Gasteiger charge is -2.13. The van der Waals surface area contributed by atoms with Gasteiger partial charge in [-0.15, -0.1) is 0 Å². The number of hydrogen-bond donors (Lipinski definition) is 1. The van der Waals surface area contributed by atoms with Gasteiger partial charge < -0.3 is 9.84 Å². The van der Waals surface area contributed by atoms with E-state index in [0.29, 0.717) is 11.3 Å². The third-order valence-electron chi connectivity index (χ3n) is 1.96. The lowest BCUT2D eigenvalue weighted by Crippen LogP contribution is -2.10. The van der Waals surface area contributed by atoms with E-state index in [1.54, 1.807) is 24.3 Å². The Balaban J connectivity index is 2.85. The molecule has 1 atom stereocenters. The summed E-state index contributed by atoms with van der Waals surface area (Å²) in [6, 6.07) is 7.12. The van der Waals surface area contributed by atoms with Gasteiger partial charge in [0, 0.05) is 5.56 Å². The molecule has 0 aliphatic heterocycles. The third-order valence-corrected chi connectivity index (χ3v) is 1.96. The summed E-state index contributed by atoms with van der Waals surface area (Å²) in [6.07, 6.45) is 1.51. The molecule has 1 rings (SSSR count). The summed E-state index contributed by atoms with van der Waals surface area (Å²) in [5, 5.41) is 8.71. The van der Waals surface area contributed by atoms with Crippen molar-refractivity contribution in [1.82, 2.24) is 0 Å². The minimum Gasteiger partial charge on any atom is -0.486 e. The van der Waals surface area contributed by atoms with E-state index >= 15 is 0 Å². The van der Waals surface area contributed by atoms with Crippen molar-refractivity contribution < 1.29 is 14.6 Å². The molecule has 80 valence electrons. The van der Waals surface area contributed by atoms with E-state index in [-0.39, 0.29) is 12.5 Å². The normalized spacial score (nSPS) is 11.8. The van der Waals surface area contributed by atoms with Gasteiger partial charge in [-0.2, -0.15) is 0 Å². The summed E-state index contributed by atoms with van der Waals surface area (Å²) < 4.78 is 5.51. The Hall–Kier alpha value is -1.77. The Bertz CT molecular complexity index is 358. The summed E-state index contributed by atoms with van der Waals surface area (Å²) in [5.74, 6) is -0.260. The van der Waals surface area contributed by atoms with Crippen LogP contribution in [0.5, 0.6) is 5.75 Å². The third kappa shape index (κ3) is 3.46. The van der Waals surface area contributed by atoms with Crippen LogP contribution in [0.25, 0.3) is 0 Å². The van der Waals surface area contributed by atoms with Gasteiger partial charge in [-0.1, -0.05) is 30.9 Å². The molecule has 0 saturated carbocycles. The van der Waals surface area contributed by atoms with Crippen LogP contribution in [0, 0.1) is 0 Å². The van der Waals surface area contributed by atoms with E-state index in [9.17, 15) is 4.79 Å². The molecule has 0 amide bonds. The van der Waals surface area contributed by atoms with Gasteiger partial charge in [0.15, 0.2) is 0 Å². The second kappa shape index (κ2) is 5.20. The van der Waals surface area contributed by atoms with Gasteiger partial charge in [-0.05, 0) is 13.0 Å². The molecule has 0 heterocycles. The maximum atomic E-state index is 10.6. The van der Waals surface area contributed by atoms with Crippen LogP contribution in [0.2, 0.25) is 0 Å². The van der Waals surface area contributed by atoms with Crippen molar-refractivity contribution >= 4 is 5.97 Å². The molecule has 0 aliphatic carbocycles. The highest BCUT2D eigenvalue weighted by Crippen LogP contribution is 2.20. The Kier molecular flexibility index (Phi) is 3.92. The number of carboxylic acid groups (broad SMARTS) is 1. The Morgan fingerprint density at radius 1 is 1.60 bits per heavy atom. The quantitative estimate of drug-likeness (QED) is 0.752. The number of aliphatic carboxylic acids is 1. The van der Waals surface area contributed by atoms with E-state index in [2.05, 4.69) is 6.58 Å². The van der Waals surface area contributed by atoms with Crippen molar-refractivity contribution in [3.05, 3.63) is 42.5 Å². The molecule has 3 nitrogen and oxygen atoms in total. The predicted octanol–water partition coefficient (Wildman–Crippen LogP) is 2.27. The van der Waals surface area contributed by atoms with Crippen LogP contribution in [0.1, 0.15) is 12.5 Å². The molecule has 0 saturated heterocycles. The molecule has 15 heavy (non-hydrogen) atoms. The predicted molar refractivity (Wildman–Crippen MR) is 58.1 cm³/mol. The zero-order chi connectivity index (χ0) is 11.3. The van der Waals surface area contributed by atoms with Crippen molar-refractivity contribution in [2.45, 2.75) is 19.4 Å². The lowest BCUT2D eigenvalue weighted by molar-refractivity contribution is -0.136. The minimum absolute atomic E-state index is 0.0277. The standard InChI is InChI=1S/C12H14O3/c1-3-9(2)15-11-7-5-4-6-10(11)8-12(13)14/h3-7,9H,1,8H2,2H3,(H,13,14). The summed E-state index contributed by atoms with van der Waals surface area (Å²) in [4.78, 5) is 10.6. The fraction of sp³-hybridized carbons (Fsp3) is 0.250. The number of ether oxygens (including phenoxy) is 1. The number of hydrogen-bond acceptors (Lipinski definition) is 2. The zero-order valence-corrected chi connectivity index (χ0v) is 8.64. The molecular weight excluding hydrogens is 192 g/mol. The van der Waals surface area contributed by atoms with Crippen LogP contribution in [0.15, 0.2) is 36.9 Å². The van der Waals surface area contributed by atoms with Crippen LogP contribution in [-0.2, 0) is 11.2 Å². The molecule has 0 aromatic heterocycles. The van der Waals surface area contributed by atoms with Crippen LogP contribution in [0.3, 0.4) is 0 Å². The van der Waals surface area contributed by atoms with Crippen molar-refractivity contribution in [2.75, 3.05) is 0 Å². The molecule has 1 aromatic carbocycles. The fourth-order valence-electron chi connectivity index (χ4n) is 1.18. The first kappa shape index (κ1) is 11.3. The van der Waals surface area contributed by atoms with Crippen LogP contribution < -0.4 is 4.74 Å². The molecule has 1 aromatic rings. The van der Waals surface area contributed by atoms with Gasteiger partial charge in [-0.3, -0.25) is 4.79 Å². The highest BCUT2D eigenvalue weighted by atomic mass is 16.5. The molecule has 0 spiro atoms. The van der Waals surface area contributed by atoms with E-state index in [1.165, 1.54) is 0 Å². The van der Waals surface area contributed by atoms with Crippen LogP contribution in [-0.4, -0.2) is 17.2 Å². The maximum Gasteiger partial charge on any atom is 0.307 e. The second-order valence-corrected chi connectivity index (χ2v) is 3.24. The number of carbonyl (C=O) groups is 1. The minimum atomic E-state index is -0.864. The monoisotopic (exact) mass is 206 g/mol. The number of carboxylic acids is 1. The van der Waals surface area contributed by atoms with Gasteiger partial charge in [-0.25, -0.2) is 0 Å². The first-order valence-electron chi connectivity index (χ1n) is 4.72. The van der Waals surface area contributed by atoms with E-state index in [0.717, 1.165) is 0 Å². The summed E-state index contributed by atoms with van der Waals surface area (Å²) in [6.45, 7) is 5.46. The Labute approximate surface area is 89.0 Å². The maximum absolute atomic E-state index is 10.6. The molecule has 0 bridgehead atoms. The first-order chi connectivity index (χ1) is 7.13. The van der Waals surface area contributed by atoms with Gasteiger partial charge in [0.1, 0.15) is 11.9 Å². The first-order valence-corrected chi connectivity index (χ1v) is 4.72. The lowest BCUT2D eigenvalue weighted by atomic mass is 10.1. The van der Waals surface area contributed by atoms with Gasteiger partial charge in [0.25, 0.3) is 0 Å². The number of para-hydroxylation sites is 1. The summed E-state index contributed by atoms with van der Waals surface area (Å²) >= 11 is 0. The molecule has 0 aliphatic rings. The molecular formula is C12H14O3. The van der Waals surface area contributed by atoms with Crippen molar-refractivity contribution in [3.63, 3.8) is 0 Å². The molecule has 0 fully saturated rings. The highest BCUT2D eigenvalue weighted by molar-refractivity contribution is 5.71. The largest absolute Gasteiger partial charge is 0.486 e. The molecule has 3 heteroatoms. The fourth-order valence-corrected chi connectivity index (χ4v) is 1.18. The van der Waals surface area contributed by atoms with Crippen molar-refractivity contribution in [2.24, 2.45) is 0 Å². The van der Waals surface area contributed by atoms with Gasteiger partial charge in [0.05, 0.1) is 6.42 Å². The highest BCUT2D eigenvalue weighted by Gasteiger charge is 2.08. The average Bonchev–Trinajstić information content (AvgIpc) is 2.20. The average molecular weight is 206 g/mol. The van der Waals surface area contributed by atoms with E-state index in [1.807, 2.05) is 13.0 Å². The topological polar surface area (TPSA) is 46.5 Å². The Morgan fingerprint density at radius 2 is 2.27 bits per heavy atom. The van der Waals surface area contributed by atoms with Gasteiger partial charge in [0.2, 0.25) is 0 Å². The van der Waals surface area contributed by atoms with E-state index in [4.69, 9.17) is 9.84 Å². The summed E-state index contributed by atoms with van der Waals surface area (Å²) in [7, 11) is 0. The smallest absolute Gasteiger partial charge is 0.307 e. The zero-order valence-electron chi connectivity index (χ0n) is 8.64. The molecule has 0 radical (unpaired) electrons. The number of benzene rings is 1. The van der Waals surface area contributed by atoms with Gasteiger partial charge >= 0.3 is 5.97 Å². The molecule has 1 N–H and O–H groups in total. The SMILES string of the molecule is C=CC(C)Oc1ccccc1CC(=O)O. The summed E-state index contributed by atoms with van der Waals surface area (Å²) in [5.41, 5.74) is 0.679. The van der Waals surface area contributed by atoms with Crippen molar-refractivity contribution in [1.29, 1.82) is 0 Å². The Morgan fingerprint density at radius 3 is 2.87 bits per heavy atom.